The van der Waals surface area contributed by atoms with Crippen molar-refractivity contribution in [2.45, 2.75) is 6.92 Å². The Bertz CT molecular complexity index is 555. The van der Waals surface area contributed by atoms with Gasteiger partial charge in [0.15, 0.2) is 5.69 Å². The fourth-order valence-electron chi connectivity index (χ4n) is 1.28. The van der Waals surface area contributed by atoms with Crippen LogP contribution in [0.3, 0.4) is 0 Å². The number of carbonyl (C=O) groups is 1. The number of aryl methyl sites for hydroxylation is 1. The molecule has 0 saturated carbocycles. The third-order valence-corrected chi connectivity index (χ3v) is 2.15. The highest BCUT2D eigenvalue weighted by Gasteiger charge is 2.08. The Morgan fingerprint density at radius 1 is 1.29 bits per heavy atom. The molecule has 1 heterocycles. The van der Waals surface area contributed by atoms with Gasteiger partial charge in [-0.15, -0.1) is 0 Å². The summed E-state index contributed by atoms with van der Waals surface area (Å²) in [6.45, 7) is 1.89. The smallest absolute Gasteiger partial charge is 0.354 e. The first-order valence-electron chi connectivity index (χ1n) is 4.96. The number of ether oxygens (including phenoxy) is 1. The summed E-state index contributed by atoms with van der Waals surface area (Å²) in [5, 5.41) is 8.78. The molecule has 1 aromatic carbocycles. The van der Waals surface area contributed by atoms with Gasteiger partial charge in [-0.25, -0.2) is 9.78 Å². The predicted octanol–water partition coefficient (Wildman–Crippen LogP) is 2.28. The lowest BCUT2D eigenvalue weighted by Gasteiger charge is -2.06. The van der Waals surface area contributed by atoms with Crippen molar-refractivity contribution < 1.29 is 14.6 Å². The first-order chi connectivity index (χ1) is 8.16. The number of rotatable bonds is 3. The molecule has 0 fully saturated rings. The molecule has 0 aliphatic heterocycles. The summed E-state index contributed by atoms with van der Waals surface area (Å²) in [7, 11) is 0. The predicted molar refractivity (Wildman–Crippen MR) is 60.2 cm³/mol. The summed E-state index contributed by atoms with van der Waals surface area (Å²) in [6, 6.07) is 8.70. The Hall–Kier alpha value is -2.43. The van der Waals surface area contributed by atoms with Gasteiger partial charge in [0.2, 0.25) is 0 Å². The minimum Gasteiger partial charge on any atom is -0.477 e. The molecule has 2 rings (SSSR count). The number of aromatic carboxylic acids is 1. The van der Waals surface area contributed by atoms with Crippen molar-refractivity contribution >= 4 is 5.97 Å². The molecular weight excluding hydrogens is 220 g/mol. The topological polar surface area (TPSA) is 72.3 Å². The summed E-state index contributed by atoms with van der Waals surface area (Å²) in [6.07, 6.45) is 1.35. The van der Waals surface area contributed by atoms with Crippen molar-refractivity contribution in [1.29, 1.82) is 0 Å². The van der Waals surface area contributed by atoms with Gasteiger partial charge in [0, 0.05) is 6.20 Å². The van der Waals surface area contributed by atoms with Crippen molar-refractivity contribution in [3.63, 3.8) is 0 Å². The average Bonchev–Trinajstić information content (AvgIpc) is 2.32. The third-order valence-electron chi connectivity index (χ3n) is 2.15. The van der Waals surface area contributed by atoms with Gasteiger partial charge in [-0.3, -0.25) is 0 Å². The second-order valence-corrected chi connectivity index (χ2v) is 3.40. The van der Waals surface area contributed by atoms with E-state index in [1.54, 1.807) is 6.07 Å². The molecule has 0 saturated heterocycles. The van der Waals surface area contributed by atoms with Crippen LogP contribution in [0.15, 0.2) is 36.5 Å². The van der Waals surface area contributed by atoms with E-state index >= 15 is 0 Å². The lowest BCUT2D eigenvalue weighted by molar-refractivity contribution is 0.0689. The number of hydrogen-bond acceptors (Lipinski definition) is 4. The van der Waals surface area contributed by atoms with Crippen LogP contribution in [0.25, 0.3) is 0 Å². The summed E-state index contributed by atoms with van der Waals surface area (Å²) in [4.78, 5) is 18.4. The van der Waals surface area contributed by atoms with E-state index in [-0.39, 0.29) is 11.7 Å². The molecule has 17 heavy (non-hydrogen) atoms. The molecule has 0 atom stereocenters. The molecule has 5 heteroatoms. The Morgan fingerprint density at radius 3 is 2.76 bits per heavy atom. The van der Waals surface area contributed by atoms with E-state index in [1.165, 1.54) is 12.3 Å². The molecule has 2 aromatic rings. The molecule has 1 N–H and O–H groups in total. The van der Waals surface area contributed by atoms with Gasteiger partial charge < -0.3 is 9.84 Å². The van der Waals surface area contributed by atoms with Gasteiger partial charge in [0.25, 0.3) is 0 Å². The molecule has 0 aliphatic carbocycles. The monoisotopic (exact) mass is 230 g/mol. The van der Waals surface area contributed by atoms with Gasteiger partial charge in [-0.05, 0) is 24.6 Å². The minimum absolute atomic E-state index is 0.0270. The third kappa shape index (κ3) is 2.57. The second-order valence-electron chi connectivity index (χ2n) is 3.40. The van der Waals surface area contributed by atoms with Crippen molar-refractivity contribution in [2.75, 3.05) is 0 Å². The lowest BCUT2D eigenvalue weighted by atomic mass is 10.2. The molecule has 0 unspecified atom stereocenters. The number of para-hydroxylation sites is 1. The van der Waals surface area contributed by atoms with Crippen molar-refractivity contribution in [3.8, 4) is 11.8 Å². The standard InChI is InChI=1S/C12H10N2O3/c1-8-4-2-3-5-10(8)17-12-13-7-6-9(14-12)11(15)16/h2-7H,1H3,(H,15,16). The largest absolute Gasteiger partial charge is 0.477 e. The van der Waals surface area contributed by atoms with Crippen LogP contribution < -0.4 is 4.74 Å². The van der Waals surface area contributed by atoms with E-state index < -0.39 is 5.97 Å². The maximum atomic E-state index is 10.7. The molecule has 0 aliphatic rings. The number of hydrogen-bond donors (Lipinski definition) is 1. The minimum atomic E-state index is -1.11. The zero-order chi connectivity index (χ0) is 12.3. The molecule has 5 nitrogen and oxygen atoms in total. The van der Waals surface area contributed by atoms with Crippen LogP contribution in [0.2, 0.25) is 0 Å². The van der Waals surface area contributed by atoms with E-state index in [2.05, 4.69) is 9.97 Å². The van der Waals surface area contributed by atoms with E-state index in [1.807, 2.05) is 25.1 Å². The maximum absolute atomic E-state index is 10.7. The number of carboxylic acid groups (broad SMARTS) is 1. The molecule has 0 radical (unpaired) electrons. The zero-order valence-corrected chi connectivity index (χ0v) is 9.12. The maximum Gasteiger partial charge on any atom is 0.354 e. The summed E-state index contributed by atoms with van der Waals surface area (Å²) in [5.74, 6) is -0.503. The fraction of sp³-hybridized carbons (Fsp3) is 0.0833. The Labute approximate surface area is 97.7 Å². The van der Waals surface area contributed by atoms with Crippen LogP contribution in [0.1, 0.15) is 16.1 Å². The van der Waals surface area contributed by atoms with Crippen LogP contribution in [0, 0.1) is 6.92 Å². The van der Waals surface area contributed by atoms with Crippen LogP contribution >= 0.6 is 0 Å². The van der Waals surface area contributed by atoms with Crippen LogP contribution in [0.5, 0.6) is 11.8 Å². The molecule has 0 spiro atoms. The molecule has 0 bridgehead atoms. The van der Waals surface area contributed by atoms with E-state index in [9.17, 15) is 4.79 Å². The van der Waals surface area contributed by atoms with E-state index in [0.29, 0.717) is 5.75 Å². The van der Waals surface area contributed by atoms with Gasteiger partial charge in [-0.2, -0.15) is 4.98 Å². The Balaban J connectivity index is 2.28. The zero-order valence-electron chi connectivity index (χ0n) is 9.12. The van der Waals surface area contributed by atoms with Crippen LogP contribution in [-0.4, -0.2) is 21.0 Å². The lowest BCUT2D eigenvalue weighted by Crippen LogP contribution is -2.02. The average molecular weight is 230 g/mol. The van der Waals surface area contributed by atoms with Crippen molar-refractivity contribution in [3.05, 3.63) is 47.8 Å². The summed E-state index contributed by atoms with van der Waals surface area (Å²) >= 11 is 0. The first kappa shape index (κ1) is 11.1. The van der Waals surface area contributed by atoms with E-state index in [0.717, 1.165) is 5.56 Å². The highest BCUT2D eigenvalue weighted by atomic mass is 16.5. The Morgan fingerprint density at radius 2 is 2.06 bits per heavy atom. The SMILES string of the molecule is Cc1ccccc1Oc1nccc(C(=O)O)n1. The fourth-order valence-corrected chi connectivity index (χ4v) is 1.28. The van der Waals surface area contributed by atoms with Crippen LogP contribution in [0.4, 0.5) is 0 Å². The van der Waals surface area contributed by atoms with Crippen molar-refractivity contribution in [2.24, 2.45) is 0 Å². The van der Waals surface area contributed by atoms with Gasteiger partial charge in [0.05, 0.1) is 0 Å². The molecule has 1 aromatic heterocycles. The highest BCUT2D eigenvalue weighted by Crippen LogP contribution is 2.21. The molecular formula is C12H10N2O3. The normalized spacial score (nSPS) is 9.94. The van der Waals surface area contributed by atoms with Gasteiger partial charge >= 0.3 is 12.0 Å². The van der Waals surface area contributed by atoms with Crippen LogP contribution in [-0.2, 0) is 0 Å². The van der Waals surface area contributed by atoms with E-state index in [4.69, 9.17) is 9.84 Å². The van der Waals surface area contributed by atoms with Gasteiger partial charge in [0.1, 0.15) is 5.75 Å². The number of aromatic nitrogens is 2. The summed E-state index contributed by atoms with van der Waals surface area (Å²) < 4.78 is 5.41. The quantitative estimate of drug-likeness (QED) is 0.875. The molecule has 86 valence electrons. The molecule has 0 amide bonds. The first-order valence-corrected chi connectivity index (χ1v) is 4.96. The van der Waals surface area contributed by atoms with Gasteiger partial charge in [-0.1, -0.05) is 18.2 Å². The highest BCUT2D eigenvalue weighted by molar-refractivity contribution is 5.85. The number of carboxylic acids is 1. The summed E-state index contributed by atoms with van der Waals surface area (Å²) in [5.41, 5.74) is 0.834. The second kappa shape index (κ2) is 4.61. The number of benzene rings is 1. The van der Waals surface area contributed by atoms with Crippen molar-refractivity contribution in [1.82, 2.24) is 9.97 Å². The Kier molecular flexibility index (Phi) is 3.00. The number of nitrogens with zero attached hydrogens (tertiary/aromatic N) is 2.